The molecular formula is C17H19ClN2. The van der Waals surface area contributed by atoms with Crippen molar-refractivity contribution in [2.75, 3.05) is 6.54 Å². The Morgan fingerprint density at radius 2 is 1.75 bits per heavy atom. The number of benzene rings is 1. The standard InChI is InChI=1S/C17H19ClN2/c18-14-8-6-13(7-9-14)15-3-1-4-17-16-5-2-10-19(16)11-12-20(15)17/h2,5-10,15,17H,1,3-4,11-12H2/t15-,17-/m0/s1. The number of piperidine rings is 1. The van der Waals surface area contributed by atoms with Gasteiger partial charge < -0.3 is 4.57 Å². The summed E-state index contributed by atoms with van der Waals surface area (Å²) in [6.07, 6.45) is 6.07. The van der Waals surface area contributed by atoms with E-state index in [1.54, 1.807) is 0 Å². The van der Waals surface area contributed by atoms with Gasteiger partial charge in [0.2, 0.25) is 0 Å². The number of hydrogen-bond donors (Lipinski definition) is 0. The lowest BCUT2D eigenvalue weighted by Crippen LogP contribution is -2.42. The van der Waals surface area contributed by atoms with Crippen LogP contribution in [0.4, 0.5) is 0 Å². The van der Waals surface area contributed by atoms with Crippen LogP contribution in [0, 0.1) is 0 Å². The van der Waals surface area contributed by atoms with Gasteiger partial charge in [-0.3, -0.25) is 4.90 Å². The lowest BCUT2D eigenvalue weighted by Gasteiger charge is -2.45. The summed E-state index contributed by atoms with van der Waals surface area (Å²) in [5, 5.41) is 0.827. The first-order valence-electron chi connectivity index (χ1n) is 7.49. The van der Waals surface area contributed by atoms with Crippen molar-refractivity contribution >= 4 is 11.6 Å². The summed E-state index contributed by atoms with van der Waals surface area (Å²) in [4.78, 5) is 2.70. The van der Waals surface area contributed by atoms with Crippen LogP contribution in [0.1, 0.15) is 42.6 Å². The third kappa shape index (κ3) is 1.99. The predicted octanol–water partition coefficient (Wildman–Crippen LogP) is 4.42. The molecule has 2 aliphatic rings. The second-order valence-corrected chi connectivity index (χ2v) is 6.31. The van der Waals surface area contributed by atoms with Gasteiger partial charge >= 0.3 is 0 Å². The van der Waals surface area contributed by atoms with Gasteiger partial charge in [0.15, 0.2) is 0 Å². The van der Waals surface area contributed by atoms with Gasteiger partial charge in [-0.1, -0.05) is 23.7 Å². The van der Waals surface area contributed by atoms with E-state index < -0.39 is 0 Å². The number of aromatic nitrogens is 1. The van der Waals surface area contributed by atoms with Crippen molar-refractivity contribution in [3.63, 3.8) is 0 Å². The molecule has 1 fully saturated rings. The lowest BCUT2D eigenvalue weighted by atomic mass is 9.88. The highest BCUT2D eigenvalue weighted by Crippen LogP contribution is 2.43. The van der Waals surface area contributed by atoms with Crippen LogP contribution in [0.25, 0.3) is 0 Å². The van der Waals surface area contributed by atoms with Crippen LogP contribution in [-0.2, 0) is 6.54 Å². The van der Waals surface area contributed by atoms with Crippen LogP contribution in [0.2, 0.25) is 5.02 Å². The van der Waals surface area contributed by atoms with Crippen LogP contribution in [0.5, 0.6) is 0 Å². The Balaban J connectivity index is 1.68. The zero-order valence-corrected chi connectivity index (χ0v) is 12.3. The molecule has 0 aliphatic carbocycles. The van der Waals surface area contributed by atoms with E-state index in [1.165, 1.54) is 30.5 Å². The highest BCUT2D eigenvalue weighted by molar-refractivity contribution is 6.30. The Hall–Kier alpha value is -1.25. The largest absolute Gasteiger partial charge is 0.349 e. The number of rotatable bonds is 1. The number of hydrogen-bond acceptors (Lipinski definition) is 1. The lowest BCUT2D eigenvalue weighted by molar-refractivity contribution is 0.0562. The molecule has 1 aromatic heterocycles. The number of fused-ring (bicyclic) bond motifs is 3. The average Bonchev–Trinajstić information content (AvgIpc) is 2.96. The third-order valence-electron chi connectivity index (χ3n) is 4.82. The van der Waals surface area contributed by atoms with Gasteiger partial charge in [0.05, 0.1) is 6.04 Å². The molecular weight excluding hydrogens is 268 g/mol. The molecule has 0 spiro atoms. The first-order valence-corrected chi connectivity index (χ1v) is 7.87. The second kappa shape index (κ2) is 4.94. The molecule has 0 radical (unpaired) electrons. The zero-order valence-electron chi connectivity index (χ0n) is 11.5. The highest BCUT2D eigenvalue weighted by Gasteiger charge is 2.35. The van der Waals surface area contributed by atoms with Crippen LogP contribution in [0.15, 0.2) is 42.6 Å². The van der Waals surface area contributed by atoms with E-state index in [0.29, 0.717) is 12.1 Å². The molecule has 0 bridgehead atoms. The number of nitrogens with zero attached hydrogens (tertiary/aromatic N) is 2. The monoisotopic (exact) mass is 286 g/mol. The van der Waals surface area contributed by atoms with Crippen molar-refractivity contribution in [2.45, 2.75) is 37.9 Å². The smallest absolute Gasteiger partial charge is 0.0507 e. The van der Waals surface area contributed by atoms with Crippen LogP contribution in [-0.4, -0.2) is 16.0 Å². The Kier molecular flexibility index (Phi) is 3.08. The fourth-order valence-electron chi connectivity index (χ4n) is 3.88. The predicted molar refractivity (Wildman–Crippen MR) is 81.9 cm³/mol. The summed E-state index contributed by atoms with van der Waals surface area (Å²) in [5.74, 6) is 0. The van der Waals surface area contributed by atoms with Gasteiger partial charge in [-0.05, 0) is 49.1 Å². The average molecular weight is 287 g/mol. The number of halogens is 1. The molecule has 2 aliphatic heterocycles. The maximum atomic E-state index is 6.02. The molecule has 2 aromatic rings. The quantitative estimate of drug-likeness (QED) is 0.753. The maximum Gasteiger partial charge on any atom is 0.0507 e. The topological polar surface area (TPSA) is 8.17 Å². The van der Waals surface area contributed by atoms with E-state index in [4.69, 9.17) is 11.6 Å². The minimum atomic E-state index is 0.551. The molecule has 3 heteroatoms. The van der Waals surface area contributed by atoms with Gasteiger partial charge in [-0.15, -0.1) is 0 Å². The van der Waals surface area contributed by atoms with Crippen molar-refractivity contribution < 1.29 is 0 Å². The SMILES string of the molecule is Clc1ccc([C@@H]2CCC[C@H]3c4cccn4CCN23)cc1. The van der Waals surface area contributed by atoms with E-state index >= 15 is 0 Å². The zero-order chi connectivity index (χ0) is 13.5. The second-order valence-electron chi connectivity index (χ2n) is 5.88. The maximum absolute atomic E-state index is 6.02. The Morgan fingerprint density at radius 3 is 2.60 bits per heavy atom. The van der Waals surface area contributed by atoms with Crippen molar-refractivity contribution in [3.05, 3.63) is 58.9 Å². The molecule has 4 rings (SSSR count). The summed E-state index contributed by atoms with van der Waals surface area (Å²) in [6.45, 7) is 2.27. The molecule has 2 atom stereocenters. The van der Waals surface area contributed by atoms with E-state index in [2.05, 4.69) is 39.9 Å². The van der Waals surface area contributed by atoms with Crippen LogP contribution >= 0.6 is 11.6 Å². The van der Waals surface area contributed by atoms with Crippen molar-refractivity contribution in [3.8, 4) is 0 Å². The molecule has 0 amide bonds. The molecule has 0 unspecified atom stereocenters. The van der Waals surface area contributed by atoms with E-state index in [0.717, 1.165) is 18.1 Å². The summed E-state index contributed by atoms with van der Waals surface area (Å²) >= 11 is 6.02. The van der Waals surface area contributed by atoms with Gasteiger partial charge in [-0.2, -0.15) is 0 Å². The van der Waals surface area contributed by atoms with E-state index in [-0.39, 0.29) is 0 Å². The first kappa shape index (κ1) is 12.5. The third-order valence-corrected chi connectivity index (χ3v) is 5.07. The molecule has 20 heavy (non-hydrogen) atoms. The van der Waals surface area contributed by atoms with Crippen molar-refractivity contribution in [1.82, 2.24) is 9.47 Å². The molecule has 0 saturated carbocycles. The van der Waals surface area contributed by atoms with Gasteiger partial charge in [0.1, 0.15) is 0 Å². The molecule has 3 heterocycles. The molecule has 0 N–H and O–H groups in total. The minimum Gasteiger partial charge on any atom is -0.349 e. The van der Waals surface area contributed by atoms with Gasteiger partial charge in [0, 0.05) is 36.0 Å². The van der Waals surface area contributed by atoms with Crippen molar-refractivity contribution in [1.29, 1.82) is 0 Å². The molecule has 104 valence electrons. The minimum absolute atomic E-state index is 0.551. The fourth-order valence-corrected chi connectivity index (χ4v) is 4.01. The first-order chi connectivity index (χ1) is 9.83. The summed E-state index contributed by atoms with van der Waals surface area (Å²) in [7, 11) is 0. The Labute approximate surface area is 125 Å². The van der Waals surface area contributed by atoms with Crippen LogP contribution < -0.4 is 0 Å². The normalized spacial score (nSPS) is 26.1. The molecule has 2 nitrogen and oxygen atoms in total. The summed E-state index contributed by atoms with van der Waals surface area (Å²) in [5.41, 5.74) is 2.91. The fraction of sp³-hybridized carbons (Fsp3) is 0.412. The van der Waals surface area contributed by atoms with Gasteiger partial charge in [-0.25, -0.2) is 0 Å². The van der Waals surface area contributed by atoms with Crippen LogP contribution in [0.3, 0.4) is 0 Å². The van der Waals surface area contributed by atoms with E-state index in [1.807, 2.05) is 12.1 Å². The Bertz CT molecular complexity index is 602. The highest BCUT2D eigenvalue weighted by atomic mass is 35.5. The summed E-state index contributed by atoms with van der Waals surface area (Å²) in [6, 6.07) is 14.1. The molecule has 1 saturated heterocycles. The van der Waals surface area contributed by atoms with E-state index in [9.17, 15) is 0 Å². The molecule has 1 aromatic carbocycles. The van der Waals surface area contributed by atoms with Gasteiger partial charge in [0.25, 0.3) is 0 Å². The summed E-state index contributed by atoms with van der Waals surface area (Å²) < 4.78 is 2.42. The van der Waals surface area contributed by atoms with Crippen molar-refractivity contribution in [2.24, 2.45) is 0 Å². The Morgan fingerprint density at radius 1 is 0.950 bits per heavy atom.